The average molecular weight is 428 g/mol. The van der Waals surface area contributed by atoms with E-state index >= 15 is 0 Å². The molecule has 0 aromatic heterocycles. The molecule has 3 rings (SSSR count). The number of hydrogen-bond acceptors (Lipinski definition) is 3. The molecule has 0 spiro atoms. The van der Waals surface area contributed by atoms with E-state index in [2.05, 4.69) is 21.2 Å². The second kappa shape index (κ2) is 6.47. The van der Waals surface area contributed by atoms with Crippen molar-refractivity contribution in [2.75, 3.05) is 4.90 Å². The Kier molecular flexibility index (Phi) is 4.54. The lowest BCUT2D eigenvalue weighted by atomic mass is 10.1. The lowest BCUT2D eigenvalue weighted by Gasteiger charge is -2.11. The number of carbonyl (C=O) groups excluding carboxylic acids is 2. The molecule has 0 unspecified atom stereocenters. The summed E-state index contributed by atoms with van der Waals surface area (Å²) in [6.07, 6.45) is 1.36. The van der Waals surface area contributed by atoms with Crippen molar-refractivity contribution in [3.8, 4) is 5.75 Å². The highest BCUT2D eigenvalue weighted by atomic mass is 79.9. The smallest absolute Gasteiger partial charge is 0.333 e. The molecule has 0 bridgehead atoms. The summed E-state index contributed by atoms with van der Waals surface area (Å²) in [6.45, 7) is 0. The van der Waals surface area contributed by atoms with Gasteiger partial charge < -0.3 is 10.4 Å². The zero-order chi connectivity index (χ0) is 17.4. The minimum absolute atomic E-state index is 0.0180. The largest absolute Gasteiger partial charge is 0.506 e. The second-order valence-electron chi connectivity index (χ2n) is 4.93. The number of nitrogens with one attached hydrogen (secondary N) is 1. The molecule has 0 saturated carbocycles. The predicted octanol–water partition coefficient (Wildman–Crippen LogP) is 4.56. The Balaban J connectivity index is 2.00. The van der Waals surface area contributed by atoms with Gasteiger partial charge in [-0.05, 0) is 36.4 Å². The third kappa shape index (κ3) is 3.13. The summed E-state index contributed by atoms with van der Waals surface area (Å²) in [5.41, 5.74) is 0.667. The number of aromatic hydroxyl groups is 1. The van der Waals surface area contributed by atoms with Gasteiger partial charge in [-0.25, -0.2) is 9.69 Å². The van der Waals surface area contributed by atoms with Gasteiger partial charge in [0.05, 0.1) is 10.7 Å². The van der Waals surface area contributed by atoms with Crippen LogP contribution < -0.4 is 10.2 Å². The topological polar surface area (TPSA) is 69.6 Å². The minimum Gasteiger partial charge on any atom is -0.506 e. The number of rotatable bonds is 2. The van der Waals surface area contributed by atoms with Crippen molar-refractivity contribution < 1.29 is 14.7 Å². The van der Waals surface area contributed by atoms with Crippen molar-refractivity contribution in [2.24, 2.45) is 0 Å². The summed E-state index contributed by atoms with van der Waals surface area (Å²) in [5, 5.41) is 13.0. The van der Waals surface area contributed by atoms with Crippen molar-refractivity contribution in [1.82, 2.24) is 5.32 Å². The summed E-state index contributed by atoms with van der Waals surface area (Å²) >= 11 is 15.1. The van der Waals surface area contributed by atoms with E-state index in [1.165, 1.54) is 18.2 Å². The maximum Gasteiger partial charge on any atom is 0.333 e. The van der Waals surface area contributed by atoms with Gasteiger partial charge in [-0.2, -0.15) is 0 Å². The van der Waals surface area contributed by atoms with E-state index in [9.17, 15) is 14.7 Å². The molecule has 2 aromatic carbocycles. The maximum absolute atomic E-state index is 12.5. The van der Waals surface area contributed by atoms with E-state index in [0.29, 0.717) is 20.7 Å². The van der Waals surface area contributed by atoms with Crippen molar-refractivity contribution in [3.63, 3.8) is 0 Å². The molecule has 122 valence electrons. The third-order valence-corrected chi connectivity index (χ3v) is 4.28. The molecule has 1 heterocycles. The highest BCUT2D eigenvalue weighted by Gasteiger charge is 2.35. The molecular weight excluding hydrogens is 419 g/mol. The first-order valence-corrected chi connectivity index (χ1v) is 8.22. The van der Waals surface area contributed by atoms with Gasteiger partial charge in [0, 0.05) is 15.1 Å². The fourth-order valence-corrected chi connectivity index (χ4v) is 3.25. The minimum atomic E-state index is -0.603. The fraction of sp³-hybridized carbons (Fsp3) is 0. The van der Waals surface area contributed by atoms with E-state index in [1.54, 1.807) is 24.3 Å². The summed E-state index contributed by atoms with van der Waals surface area (Å²) in [4.78, 5) is 25.6. The molecular formula is C16H9BrCl2N2O3. The fourth-order valence-electron chi connectivity index (χ4n) is 2.24. The van der Waals surface area contributed by atoms with E-state index in [-0.39, 0.29) is 16.5 Å². The normalized spacial score (nSPS) is 16.0. The van der Waals surface area contributed by atoms with Gasteiger partial charge in [-0.15, -0.1) is 0 Å². The first kappa shape index (κ1) is 16.8. The zero-order valence-corrected chi connectivity index (χ0v) is 15.0. The summed E-state index contributed by atoms with van der Waals surface area (Å²) in [6, 6.07) is 8.88. The highest BCUT2D eigenvalue weighted by molar-refractivity contribution is 9.10. The monoisotopic (exact) mass is 426 g/mol. The molecule has 1 saturated heterocycles. The molecule has 2 N–H and O–H groups in total. The Morgan fingerprint density at radius 2 is 1.92 bits per heavy atom. The summed E-state index contributed by atoms with van der Waals surface area (Å²) in [7, 11) is 0. The Labute approximate surface area is 155 Å². The van der Waals surface area contributed by atoms with Gasteiger partial charge in [0.15, 0.2) is 0 Å². The van der Waals surface area contributed by atoms with Crippen LogP contribution in [0, 0.1) is 0 Å². The number of carbonyl (C=O) groups is 2. The number of hydrogen-bond donors (Lipinski definition) is 2. The molecule has 1 aliphatic heterocycles. The van der Waals surface area contributed by atoms with Gasteiger partial charge in [-0.1, -0.05) is 45.2 Å². The number of amides is 3. The SMILES string of the molecule is O=C1N/C(=C\c2cc(Br)cc(Cl)c2O)C(=O)N1c1cccc(Cl)c1. The molecule has 0 aliphatic carbocycles. The molecule has 0 atom stereocenters. The zero-order valence-electron chi connectivity index (χ0n) is 11.9. The predicted molar refractivity (Wildman–Crippen MR) is 96.3 cm³/mol. The van der Waals surface area contributed by atoms with Crippen LogP contribution in [-0.2, 0) is 4.79 Å². The van der Waals surface area contributed by atoms with Crippen LogP contribution in [0.15, 0.2) is 46.6 Å². The van der Waals surface area contributed by atoms with Gasteiger partial charge in [-0.3, -0.25) is 4.79 Å². The first-order chi connectivity index (χ1) is 11.4. The van der Waals surface area contributed by atoms with E-state index in [4.69, 9.17) is 23.2 Å². The van der Waals surface area contributed by atoms with Crippen LogP contribution in [-0.4, -0.2) is 17.0 Å². The van der Waals surface area contributed by atoms with Crippen LogP contribution in [0.4, 0.5) is 10.5 Å². The second-order valence-corrected chi connectivity index (χ2v) is 6.69. The average Bonchev–Trinajstić information content (AvgIpc) is 2.78. The summed E-state index contributed by atoms with van der Waals surface area (Å²) in [5.74, 6) is -0.742. The number of phenolic OH excluding ortho intramolecular Hbond substituents is 1. The molecule has 2 aromatic rings. The van der Waals surface area contributed by atoms with Gasteiger partial charge >= 0.3 is 6.03 Å². The van der Waals surface area contributed by atoms with Crippen LogP contribution in [0.5, 0.6) is 5.75 Å². The van der Waals surface area contributed by atoms with E-state index in [0.717, 1.165) is 4.90 Å². The van der Waals surface area contributed by atoms with E-state index in [1.807, 2.05) is 0 Å². The Hall–Kier alpha value is -2.02. The lowest BCUT2D eigenvalue weighted by molar-refractivity contribution is -0.113. The third-order valence-electron chi connectivity index (χ3n) is 3.30. The maximum atomic E-state index is 12.5. The van der Waals surface area contributed by atoms with Crippen molar-refractivity contribution in [2.45, 2.75) is 0 Å². The molecule has 1 fully saturated rings. The Morgan fingerprint density at radius 3 is 2.62 bits per heavy atom. The van der Waals surface area contributed by atoms with Crippen molar-refractivity contribution >= 4 is 62.8 Å². The number of benzene rings is 2. The quantitative estimate of drug-likeness (QED) is 0.545. The Morgan fingerprint density at radius 1 is 1.17 bits per heavy atom. The number of imide groups is 1. The molecule has 3 amide bonds. The first-order valence-electron chi connectivity index (χ1n) is 6.67. The van der Waals surface area contributed by atoms with Gasteiger partial charge in [0.25, 0.3) is 5.91 Å². The van der Waals surface area contributed by atoms with Crippen LogP contribution >= 0.6 is 39.1 Å². The number of nitrogens with zero attached hydrogens (tertiary/aromatic N) is 1. The number of phenols is 1. The molecule has 24 heavy (non-hydrogen) atoms. The van der Waals surface area contributed by atoms with Gasteiger partial charge in [0.1, 0.15) is 11.4 Å². The molecule has 1 aliphatic rings. The van der Waals surface area contributed by atoms with E-state index < -0.39 is 11.9 Å². The molecule has 0 radical (unpaired) electrons. The lowest BCUT2D eigenvalue weighted by Crippen LogP contribution is -2.30. The number of halogens is 3. The number of urea groups is 1. The highest BCUT2D eigenvalue weighted by Crippen LogP contribution is 2.33. The van der Waals surface area contributed by atoms with Crippen LogP contribution in [0.3, 0.4) is 0 Å². The molecule has 5 nitrogen and oxygen atoms in total. The van der Waals surface area contributed by atoms with Crippen LogP contribution in [0.1, 0.15) is 5.56 Å². The van der Waals surface area contributed by atoms with Crippen LogP contribution in [0.2, 0.25) is 10.0 Å². The van der Waals surface area contributed by atoms with Gasteiger partial charge in [0.2, 0.25) is 0 Å². The summed E-state index contributed by atoms with van der Waals surface area (Å²) < 4.78 is 0.626. The number of anilines is 1. The Bertz CT molecular complexity index is 899. The standard InChI is InChI=1S/C16H9BrCl2N2O3/c17-9-4-8(14(22)12(19)6-9)5-13-15(23)21(16(24)20-13)11-3-1-2-10(18)7-11/h1-7,22H,(H,20,24)/b13-5-. The van der Waals surface area contributed by atoms with Crippen molar-refractivity contribution in [1.29, 1.82) is 0 Å². The molecule has 8 heteroatoms. The van der Waals surface area contributed by atoms with Crippen molar-refractivity contribution in [3.05, 3.63) is 62.2 Å². The van der Waals surface area contributed by atoms with Crippen LogP contribution in [0.25, 0.3) is 6.08 Å².